The van der Waals surface area contributed by atoms with Crippen molar-refractivity contribution in [1.29, 1.82) is 0 Å². The summed E-state index contributed by atoms with van der Waals surface area (Å²) in [5.41, 5.74) is -1.93. The maximum atomic E-state index is 12.5. The highest BCUT2D eigenvalue weighted by Gasteiger charge is 2.33. The SMILES string of the molecule is O=[N+]([O-])c1cc(C(F)(F)F)cnc1NCc1cnc(Cl)s1. The van der Waals surface area contributed by atoms with Crippen molar-refractivity contribution in [3.63, 3.8) is 0 Å². The van der Waals surface area contributed by atoms with Crippen LogP contribution in [0.25, 0.3) is 0 Å². The van der Waals surface area contributed by atoms with Gasteiger partial charge in [0.15, 0.2) is 4.47 Å². The number of anilines is 1. The van der Waals surface area contributed by atoms with Gasteiger partial charge in [-0.2, -0.15) is 13.2 Å². The Morgan fingerprint density at radius 2 is 2.10 bits per heavy atom. The van der Waals surface area contributed by atoms with E-state index in [2.05, 4.69) is 15.3 Å². The Morgan fingerprint density at radius 1 is 1.38 bits per heavy atom. The van der Waals surface area contributed by atoms with Crippen molar-refractivity contribution in [2.45, 2.75) is 12.7 Å². The van der Waals surface area contributed by atoms with E-state index in [4.69, 9.17) is 11.6 Å². The van der Waals surface area contributed by atoms with Crippen molar-refractivity contribution in [1.82, 2.24) is 9.97 Å². The highest BCUT2D eigenvalue weighted by molar-refractivity contribution is 7.15. The number of halogens is 4. The molecule has 2 aromatic rings. The number of nitro groups is 1. The third-order valence-corrected chi connectivity index (χ3v) is 3.46. The van der Waals surface area contributed by atoms with Gasteiger partial charge in [-0.15, -0.1) is 11.3 Å². The highest BCUT2D eigenvalue weighted by Crippen LogP contribution is 2.33. The van der Waals surface area contributed by atoms with Crippen LogP contribution in [0, 0.1) is 10.1 Å². The summed E-state index contributed by atoms with van der Waals surface area (Å²) in [5.74, 6) is -0.252. The van der Waals surface area contributed by atoms with Crippen LogP contribution in [0.4, 0.5) is 24.7 Å². The molecule has 0 aliphatic rings. The summed E-state index contributed by atoms with van der Waals surface area (Å²) in [5, 5.41) is 13.4. The quantitative estimate of drug-likeness (QED) is 0.678. The van der Waals surface area contributed by atoms with Crippen molar-refractivity contribution in [2.75, 3.05) is 5.32 Å². The van der Waals surface area contributed by atoms with Gasteiger partial charge in [0.05, 0.1) is 17.0 Å². The Bertz CT molecular complexity index is 677. The van der Waals surface area contributed by atoms with Gasteiger partial charge in [-0.05, 0) is 0 Å². The monoisotopic (exact) mass is 338 g/mol. The normalized spacial score (nSPS) is 11.4. The molecule has 0 amide bonds. The second-order valence-corrected chi connectivity index (χ2v) is 5.48. The predicted molar refractivity (Wildman–Crippen MR) is 70.3 cm³/mol. The van der Waals surface area contributed by atoms with Crippen LogP contribution >= 0.6 is 22.9 Å². The zero-order valence-corrected chi connectivity index (χ0v) is 11.6. The number of rotatable bonds is 4. The van der Waals surface area contributed by atoms with Crippen molar-refractivity contribution >= 4 is 34.4 Å². The molecule has 0 aliphatic carbocycles. The van der Waals surface area contributed by atoms with E-state index in [1.54, 1.807) is 0 Å². The first kappa shape index (κ1) is 15.4. The fourth-order valence-corrected chi connectivity index (χ4v) is 2.34. The van der Waals surface area contributed by atoms with Crippen LogP contribution in [-0.4, -0.2) is 14.9 Å². The van der Waals surface area contributed by atoms with Gasteiger partial charge in [0.1, 0.15) is 0 Å². The molecule has 2 heterocycles. The number of nitrogens with one attached hydrogen (secondary N) is 1. The van der Waals surface area contributed by atoms with Crippen LogP contribution in [0.2, 0.25) is 4.47 Å². The van der Waals surface area contributed by atoms with E-state index in [1.807, 2.05) is 0 Å². The standard InChI is InChI=1S/C10H6ClF3N4O2S/c11-9-17-4-6(21-9)3-16-8-7(18(19)20)1-5(2-15-8)10(12,13)14/h1-2,4H,3H2,(H,15,16). The minimum Gasteiger partial charge on any atom is -0.359 e. The number of aromatic nitrogens is 2. The van der Waals surface area contributed by atoms with E-state index in [0.29, 0.717) is 21.6 Å². The molecule has 0 saturated heterocycles. The zero-order valence-electron chi connectivity index (χ0n) is 10.0. The Hall–Kier alpha value is -1.94. The van der Waals surface area contributed by atoms with Crippen molar-refractivity contribution < 1.29 is 18.1 Å². The maximum absolute atomic E-state index is 12.5. The van der Waals surface area contributed by atoms with Crippen LogP contribution in [0.15, 0.2) is 18.5 Å². The molecule has 112 valence electrons. The average molecular weight is 339 g/mol. The van der Waals surface area contributed by atoms with E-state index < -0.39 is 22.4 Å². The van der Waals surface area contributed by atoms with E-state index in [1.165, 1.54) is 6.20 Å². The fourth-order valence-electron chi connectivity index (χ4n) is 1.42. The van der Waals surface area contributed by atoms with Crippen LogP contribution in [0.1, 0.15) is 10.4 Å². The molecule has 2 rings (SSSR count). The van der Waals surface area contributed by atoms with Crippen LogP contribution in [0.5, 0.6) is 0 Å². The lowest BCUT2D eigenvalue weighted by Crippen LogP contribution is -2.09. The van der Waals surface area contributed by atoms with Gasteiger partial charge in [0, 0.05) is 23.3 Å². The number of hydrogen-bond acceptors (Lipinski definition) is 6. The third-order valence-electron chi connectivity index (χ3n) is 2.35. The minimum atomic E-state index is -4.69. The van der Waals surface area contributed by atoms with Gasteiger partial charge < -0.3 is 5.32 Å². The molecule has 0 atom stereocenters. The first-order valence-corrected chi connectivity index (χ1v) is 6.52. The van der Waals surface area contributed by atoms with E-state index in [0.717, 1.165) is 11.3 Å². The summed E-state index contributed by atoms with van der Waals surface area (Å²) in [6.07, 6.45) is -2.70. The number of alkyl halides is 3. The highest BCUT2D eigenvalue weighted by atomic mass is 35.5. The zero-order chi connectivity index (χ0) is 15.6. The number of hydrogen-bond donors (Lipinski definition) is 1. The molecule has 0 spiro atoms. The van der Waals surface area contributed by atoms with Gasteiger partial charge in [-0.1, -0.05) is 11.6 Å². The molecule has 0 bridgehead atoms. The minimum absolute atomic E-state index is 0.115. The van der Waals surface area contributed by atoms with Gasteiger partial charge in [0.2, 0.25) is 5.82 Å². The molecule has 0 fully saturated rings. The molecule has 11 heteroatoms. The summed E-state index contributed by atoms with van der Waals surface area (Å²) in [7, 11) is 0. The Balaban J connectivity index is 2.24. The molecular formula is C10H6ClF3N4O2S. The lowest BCUT2D eigenvalue weighted by molar-refractivity contribution is -0.384. The summed E-state index contributed by atoms with van der Waals surface area (Å²) in [4.78, 5) is 17.8. The molecule has 0 aliphatic heterocycles. The molecular weight excluding hydrogens is 333 g/mol. The number of thiazole rings is 1. The molecule has 0 saturated carbocycles. The molecule has 2 aromatic heterocycles. The second kappa shape index (κ2) is 5.82. The lowest BCUT2D eigenvalue weighted by atomic mass is 10.2. The van der Waals surface area contributed by atoms with Crippen molar-refractivity contribution in [3.05, 3.63) is 43.5 Å². The van der Waals surface area contributed by atoms with Gasteiger partial charge in [-0.25, -0.2) is 9.97 Å². The van der Waals surface area contributed by atoms with E-state index >= 15 is 0 Å². The van der Waals surface area contributed by atoms with Crippen LogP contribution in [0.3, 0.4) is 0 Å². The summed E-state index contributed by atoms with van der Waals surface area (Å²) >= 11 is 6.77. The molecule has 21 heavy (non-hydrogen) atoms. The maximum Gasteiger partial charge on any atom is 0.418 e. The smallest absolute Gasteiger partial charge is 0.359 e. The predicted octanol–water partition coefficient (Wildman–Crippen LogP) is 3.73. The first-order valence-electron chi connectivity index (χ1n) is 5.33. The third kappa shape index (κ3) is 3.79. The molecule has 0 unspecified atom stereocenters. The first-order chi connectivity index (χ1) is 9.77. The Morgan fingerprint density at radius 3 is 2.62 bits per heavy atom. The molecule has 0 radical (unpaired) electrons. The molecule has 0 aromatic carbocycles. The Kier molecular flexibility index (Phi) is 4.28. The Labute approximate surface area is 124 Å². The molecule has 1 N–H and O–H groups in total. The van der Waals surface area contributed by atoms with Crippen molar-refractivity contribution in [3.8, 4) is 0 Å². The number of nitrogens with zero attached hydrogens (tertiary/aromatic N) is 3. The topological polar surface area (TPSA) is 81.0 Å². The van der Waals surface area contributed by atoms with Gasteiger partial charge in [0.25, 0.3) is 0 Å². The fraction of sp³-hybridized carbons (Fsp3) is 0.200. The van der Waals surface area contributed by atoms with Gasteiger partial charge >= 0.3 is 11.9 Å². The summed E-state index contributed by atoms with van der Waals surface area (Å²) < 4.78 is 37.8. The van der Waals surface area contributed by atoms with E-state index in [9.17, 15) is 23.3 Å². The summed E-state index contributed by atoms with van der Waals surface area (Å²) in [6, 6.07) is 0.439. The molecule has 6 nitrogen and oxygen atoms in total. The van der Waals surface area contributed by atoms with Crippen LogP contribution in [-0.2, 0) is 12.7 Å². The summed E-state index contributed by atoms with van der Waals surface area (Å²) in [6.45, 7) is 0.115. The second-order valence-electron chi connectivity index (χ2n) is 3.78. The van der Waals surface area contributed by atoms with Gasteiger partial charge in [-0.3, -0.25) is 10.1 Å². The van der Waals surface area contributed by atoms with Crippen molar-refractivity contribution in [2.24, 2.45) is 0 Å². The number of pyridine rings is 1. The lowest BCUT2D eigenvalue weighted by Gasteiger charge is -2.08. The average Bonchev–Trinajstić information content (AvgIpc) is 2.80. The van der Waals surface area contributed by atoms with E-state index in [-0.39, 0.29) is 12.4 Å². The van der Waals surface area contributed by atoms with Crippen LogP contribution < -0.4 is 5.32 Å². The largest absolute Gasteiger partial charge is 0.418 e.